The quantitative estimate of drug-likeness (QED) is 0.662. The van der Waals surface area contributed by atoms with Crippen LogP contribution in [0.15, 0.2) is 59.1 Å². The average molecular weight is 377 g/mol. The van der Waals surface area contributed by atoms with Crippen molar-refractivity contribution >= 4 is 5.91 Å². The molecule has 0 aliphatic rings. The van der Waals surface area contributed by atoms with Gasteiger partial charge >= 0.3 is 0 Å². The Balaban J connectivity index is 1.77. The lowest BCUT2D eigenvalue weighted by Gasteiger charge is -2.22. The molecule has 146 valence electrons. The van der Waals surface area contributed by atoms with Gasteiger partial charge in [-0.3, -0.25) is 9.69 Å². The van der Waals surface area contributed by atoms with Gasteiger partial charge in [0.25, 0.3) is 5.91 Å². The van der Waals surface area contributed by atoms with Crippen molar-refractivity contribution in [1.29, 1.82) is 0 Å². The summed E-state index contributed by atoms with van der Waals surface area (Å²) in [6.07, 6.45) is 0. The molecule has 0 saturated heterocycles. The van der Waals surface area contributed by atoms with Crippen molar-refractivity contribution in [3.05, 3.63) is 77.0 Å². The zero-order chi connectivity index (χ0) is 20.1. The molecule has 0 unspecified atom stereocenters. The molecule has 0 bridgehead atoms. The minimum atomic E-state index is -0.176. The van der Waals surface area contributed by atoms with Gasteiger partial charge in [-0.25, -0.2) is 0 Å². The van der Waals surface area contributed by atoms with Gasteiger partial charge in [-0.1, -0.05) is 59.8 Å². The molecule has 0 aliphatic heterocycles. The topological polar surface area (TPSA) is 58.4 Å². The van der Waals surface area contributed by atoms with E-state index in [-0.39, 0.29) is 5.91 Å². The summed E-state index contributed by atoms with van der Waals surface area (Å²) >= 11 is 0. The highest BCUT2D eigenvalue weighted by Gasteiger charge is 2.21. The van der Waals surface area contributed by atoms with Crippen molar-refractivity contribution in [2.45, 2.75) is 39.9 Å². The second-order valence-electron chi connectivity index (χ2n) is 7.29. The maximum atomic E-state index is 12.9. The van der Waals surface area contributed by atoms with Crippen LogP contribution in [-0.4, -0.2) is 29.1 Å². The van der Waals surface area contributed by atoms with Gasteiger partial charge in [0.1, 0.15) is 17.0 Å². The fraction of sp³-hybridized carbons (Fsp3) is 0.304. The van der Waals surface area contributed by atoms with Gasteiger partial charge in [0.2, 0.25) is 0 Å². The highest BCUT2D eigenvalue weighted by molar-refractivity contribution is 6.00. The first-order chi connectivity index (χ1) is 13.5. The lowest BCUT2D eigenvalue weighted by molar-refractivity contribution is 0.0949. The minimum absolute atomic E-state index is 0.176. The van der Waals surface area contributed by atoms with Crippen molar-refractivity contribution in [1.82, 2.24) is 15.4 Å². The number of aryl methyl sites for hydroxylation is 1. The number of aromatic nitrogens is 1. The van der Waals surface area contributed by atoms with E-state index in [1.165, 1.54) is 5.56 Å². The van der Waals surface area contributed by atoms with E-state index in [4.69, 9.17) is 4.52 Å². The van der Waals surface area contributed by atoms with Crippen LogP contribution in [0.1, 0.15) is 41.1 Å². The average Bonchev–Trinajstić information content (AvgIpc) is 3.09. The first-order valence-corrected chi connectivity index (χ1v) is 9.54. The number of nitrogens with zero attached hydrogens (tertiary/aromatic N) is 2. The summed E-state index contributed by atoms with van der Waals surface area (Å²) < 4.78 is 5.31. The molecule has 1 amide bonds. The van der Waals surface area contributed by atoms with Gasteiger partial charge in [-0.15, -0.1) is 0 Å². The van der Waals surface area contributed by atoms with E-state index >= 15 is 0 Å². The molecular formula is C23H27N3O2. The number of benzene rings is 2. The van der Waals surface area contributed by atoms with Crippen LogP contribution in [-0.2, 0) is 13.1 Å². The van der Waals surface area contributed by atoms with Crippen LogP contribution in [0, 0.1) is 6.92 Å². The normalized spacial score (nSPS) is 11.2. The molecule has 0 saturated carbocycles. The van der Waals surface area contributed by atoms with Gasteiger partial charge in [0.05, 0.1) is 0 Å². The molecule has 0 radical (unpaired) electrons. The fourth-order valence-electron chi connectivity index (χ4n) is 3.03. The monoisotopic (exact) mass is 377 g/mol. The zero-order valence-corrected chi connectivity index (χ0v) is 16.9. The first-order valence-electron chi connectivity index (χ1n) is 9.54. The number of carbonyl (C=O) groups is 1. The molecule has 0 fully saturated rings. The smallest absolute Gasteiger partial charge is 0.257 e. The van der Waals surface area contributed by atoms with Crippen molar-refractivity contribution in [3.8, 4) is 11.3 Å². The number of nitrogens with one attached hydrogen (secondary N) is 1. The van der Waals surface area contributed by atoms with E-state index < -0.39 is 0 Å². The molecular weight excluding hydrogens is 350 g/mol. The zero-order valence-electron chi connectivity index (χ0n) is 16.9. The van der Waals surface area contributed by atoms with Crippen LogP contribution in [0.3, 0.4) is 0 Å². The van der Waals surface area contributed by atoms with Crippen LogP contribution < -0.4 is 5.32 Å². The summed E-state index contributed by atoms with van der Waals surface area (Å²) in [5.41, 5.74) is 4.25. The Labute approximate surface area is 166 Å². The second-order valence-corrected chi connectivity index (χ2v) is 7.29. The first kappa shape index (κ1) is 19.8. The largest absolute Gasteiger partial charge is 0.360 e. The van der Waals surface area contributed by atoms with Gasteiger partial charge in [-0.2, -0.15) is 0 Å². The molecule has 0 aliphatic carbocycles. The fourth-order valence-corrected chi connectivity index (χ4v) is 3.03. The van der Waals surface area contributed by atoms with Crippen LogP contribution in [0.5, 0.6) is 0 Å². The lowest BCUT2D eigenvalue weighted by atomic mass is 10.0. The molecule has 28 heavy (non-hydrogen) atoms. The molecule has 1 N–H and O–H groups in total. The van der Waals surface area contributed by atoms with Gasteiger partial charge in [0, 0.05) is 24.7 Å². The SMILES string of the molecule is Cc1onc(-c2ccccc2)c1C(=O)NCc1ccccc1CN(C)C(C)C. The summed E-state index contributed by atoms with van der Waals surface area (Å²) in [6, 6.07) is 18.3. The Morgan fingerprint density at radius 3 is 2.39 bits per heavy atom. The predicted octanol–water partition coefficient (Wildman–Crippen LogP) is 4.42. The summed E-state index contributed by atoms with van der Waals surface area (Å²) in [6.45, 7) is 7.40. The van der Waals surface area contributed by atoms with Crippen LogP contribution in [0.4, 0.5) is 0 Å². The predicted molar refractivity (Wildman–Crippen MR) is 111 cm³/mol. The van der Waals surface area contributed by atoms with Crippen LogP contribution >= 0.6 is 0 Å². The minimum Gasteiger partial charge on any atom is -0.360 e. The molecule has 0 atom stereocenters. The number of hydrogen-bond donors (Lipinski definition) is 1. The Hall–Kier alpha value is -2.92. The summed E-state index contributed by atoms with van der Waals surface area (Å²) in [4.78, 5) is 15.2. The Morgan fingerprint density at radius 2 is 1.71 bits per heavy atom. The molecule has 3 aromatic rings. The Morgan fingerprint density at radius 1 is 1.07 bits per heavy atom. The highest BCUT2D eigenvalue weighted by Crippen LogP contribution is 2.25. The van der Waals surface area contributed by atoms with E-state index in [1.54, 1.807) is 6.92 Å². The summed E-state index contributed by atoms with van der Waals surface area (Å²) in [5.74, 6) is 0.341. The maximum absolute atomic E-state index is 12.9. The highest BCUT2D eigenvalue weighted by atomic mass is 16.5. The summed E-state index contributed by atoms with van der Waals surface area (Å²) in [5, 5.41) is 7.13. The standard InChI is InChI=1S/C23H27N3O2/c1-16(2)26(4)15-20-13-9-8-12-19(20)14-24-23(27)21-17(3)28-25-22(21)18-10-6-5-7-11-18/h5-13,16H,14-15H2,1-4H3,(H,24,27). The van der Waals surface area contributed by atoms with E-state index in [1.807, 2.05) is 42.5 Å². The maximum Gasteiger partial charge on any atom is 0.257 e. The van der Waals surface area contributed by atoms with Crippen molar-refractivity contribution in [2.75, 3.05) is 7.05 Å². The van der Waals surface area contributed by atoms with E-state index in [9.17, 15) is 4.79 Å². The molecule has 5 heteroatoms. The summed E-state index contributed by atoms with van der Waals surface area (Å²) in [7, 11) is 2.10. The lowest BCUT2D eigenvalue weighted by Crippen LogP contribution is -2.28. The van der Waals surface area contributed by atoms with E-state index in [0.29, 0.717) is 29.6 Å². The van der Waals surface area contributed by atoms with Gasteiger partial charge < -0.3 is 9.84 Å². The third-order valence-corrected chi connectivity index (χ3v) is 5.00. The number of carbonyl (C=O) groups excluding carboxylic acids is 1. The third-order valence-electron chi connectivity index (χ3n) is 5.00. The molecule has 1 aromatic heterocycles. The van der Waals surface area contributed by atoms with E-state index in [2.05, 4.69) is 48.4 Å². The van der Waals surface area contributed by atoms with E-state index in [0.717, 1.165) is 17.7 Å². The number of rotatable bonds is 7. The number of hydrogen-bond acceptors (Lipinski definition) is 4. The van der Waals surface area contributed by atoms with Crippen LogP contribution in [0.2, 0.25) is 0 Å². The molecule has 3 rings (SSSR count). The second kappa shape index (κ2) is 8.85. The van der Waals surface area contributed by atoms with Crippen molar-refractivity contribution in [3.63, 3.8) is 0 Å². The Kier molecular flexibility index (Phi) is 6.26. The van der Waals surface area contributed by atoms with Crippen LogP contribution in [0.25, 0.3) is 11.3 Å². The third kappa shape index (κ3) is 4.49. The van der Waals surface area contributed by atoms with Crippen molar-refractivity contribution < 1.29 is 9.32 Å². The Bertz CT molecular complexity index is 932. The number of amides is 1. The van der Waals surface area contributed by atoms with Crippen molar-refractivity contribution in [2.24, 2.45) is 0 Å². The van der Waals surface area contributed by atoms with Gasteiger partial charge in [0.15, 0.2) is 0 Å². The molecule has 0 spiro atoms. The molecule has 2 aromatic carbocycles. The van der Waals surface area contributed by atoms with Gasteiger partial charge in [-0.05, 0) is 38.9 Å². The molecule has 1 heterocycles. The molecule has 5 nitrogen and oxygen atoms in total.